The van der Waals surface area contributed by atoms with Crippen LogP contribution in [0.1, 0.15) is 81.8 Å². The second-order valence-electron chi connectivity index (χ2n) is 7.91. The van der Waals surface area contributed by atoms with Crippen molar-refractivity contribution in [1.82, 2.24) is 9.88 Å². The minimum absolute atomic E-state index is 0.0281. The number of aromatic nitrogens is 1. The molecule has 2 rings (SSSR count). The lowest BCUT2D eigenvalue weighted by atomic mass is 9.93. The van der Waals surface area contributed by atoms with Crippen LogP contribution in [0.15, 0.2) is 40.3 Å². The zero-order chi connectivity index (χ0) is 23.3. The number of carbonyl (C=O) groups excluding carboxylic acids is 1. The molecule has 2 N–H and O–H groups in total. The standard InChI is InChI=1S/C24H31ClN4O2/c1-7-18-13-20(16(4)28-23(30)22(15(3)26)17(5)27-6)29(19-11-9-8-10-12-19)24(31)21(18)14(2)25/h7,13,16,19,26H,1-2,6,8-12H2,3-5H3,(H,28,30)/b22-17-,26-15?. The number of hydrogen-bond acceptors (Lipinski definition) is 4. The van der Waals surface area contributed by atoms with Gasteiger partial charge >= 0.3 is 0 Å². The van der Waals surface area contributed by atoms with E-state index < -0.39 is 11.9 Å². The van der Waals surface area contributed by atoms with Crippen molar-refractivity contribution in [3.8, 4) is 0 Å². The van der Waals surface area contributed by atoms with Crippen LogP contribution >= 0.6 is 11.6 Å². The first-order valence-corrected chi connectivity index (χ1v) is 10.8. The Morgan fingerprint density at radius 2 is 1.97 bits per heavy atom. The first-order valence-electron chi connectivity index (χ1n) is 10.4. The molecule has 1 saturated carbocycles. The summed E-state index contributed by atoms with van der Waals surface area (Å²) in [6.45, 7) is 16.0. The van der Waals surface area contributed by atoms with Crippen molar-refractivity contribution < 1.29 is 4.79 Å². The average Bonchev–Trinajstić information content (AvgIpc) is 2.72. The number of rotatable bonds is 8. The maximum atomic E-state index is 13.5. The number of halogens is 1. The SMILES string of the molecule is C=Cc1cc(C(C)NC(=O)/C(C(C)=N)=C(/C)N=C)n(C2CCCCC2)c(=O)c1C(=C)Cl. The molecule has 1 atom stereocenters. The summed E-state index contributed by atoms with van der Waals surface area (Å²) < 4.78 is 1.76. The fourth-order valence-corrected chi connectivity index (χ4v) is 4.36. The van der Waals surface area contributed by atoms with Crippen LogP contribution < -0.4 is 10.9 Å². The quantitative estimate of drug-likeness (QED) is 0.417. The summed E-state index contributed by atoms with van der Waals surface area (Å²) in [5.74, 6) is -0.432. The van der Waals surface area contributed by atoms with Gasteiger partial charge in [0.2, 0.25) is 0 Å². The maximum Gasteiger partial charge on any atom is 0.260 e. The molecule has 6 nitrogen and oxygen atoms in total. The molecule has 1 fully saturated rings. The van der Waals surface area contributed by atoms with Crippen molar-refractivity contribution in [3.05, 3.63) is 57.7 Å². The van der Waals surface area contributed by atoms with Crippen LogP contribution in [0.4, 0.5) is 0 Å². The highest BCUT2D eigenvalue weighted by molar-refractivity contribution is 6.48. The van der Waals surface area contributed by atoms with E-state index in [9.17, 15) is 9.59 Å². The number of carbonyl (C=O) groups is 1. The Morgan fingerprint density at radius 3 is 2.45 bits per heavy atom. The lowest BCUT2D eigenvalue weighted by Gasteiger charge is -2.30. The molecule has 1 aliphatic carbocycles. The van der Waals surface area contributed by atoms with E-state index in [0.717, 1.165) is 32.1 Å². The van der Waals surface area contributed by atoms with Gasteiger partial charge in [-0.25, -0.2) is 0 Å². The molecule has 1 aromatic rings. The molecule has 0 saturated heterocycles. The summed E-state index contributed by atoms with van der Waals surface area (Å²) in [6, 6.07) is 1.38. The first-order chi connectivity index (χ1) is 14.6. The molecule has 1 aromatic heterocycles. The molecule has 7 heteroatoms. The van der Waals surface area contributed by atoms with Crippen LogP contribution in [0.3, 0.4) is 0 Å². The molecule has 0 aromatic carbocycles. The Morgan fingerprint density at radius 1 is 1.35 bits per heavy atom. The van der Waals surface area contributed by atoms with Crippen molar-refractivity contribution in [2.75, 3.05) is 0 Å². The monoisotopic (exact) mass is 442 g/mol. The summed E-state index contributed by atoms with van der Waals surface area (Å²) in [7, 11) is 0. The molecule has 1 amide bonds. The van der Waals surface area contributed by atoms with Crippen LogP contribution in [0.25, 0.3) is 11.1 Å². The molecule has 1 aliphatic rings. The zero-order valence-corrected chi connectivity index (χ0v) is 19.3. The molecule has 1 unspecified atom stereocenters. The van der Waals surface area contributed by atoms with E-state index in [1.807, 2.05) is 13.0 Å². The Balaban J connectivity index is 2.61. The van der Waals surface area contributed by atoms with Gasteiger partial charge in [-0.1, -0.05) is 50.1 Å². The van der Waals surface area contributed by atoms with Crippen LogP contribution in [-0.4, -0.2) is 22.9 Å². The third-order valence-electron chi connectivity index (χ3n) is 5.73. The van der Waals surface area contributed by atoms with E-state index in [4.69, 9.17) is 17.0 Å². The second kappa shape index (κ2) is 10.5. The largest absolute Gasteiger partial charge is 0.344 e. The molecular weight excluding hydrogens is 412 g/mol. The fourth-order valence-electron chi connectivity index (χ4n) is 4.17. The van der Waals surface area contributed by atoms with Gasteiger partial charge in [-0.15, -0.1) is 0 Å². The molecule has 0 spiro atoms. The molecule has 0 bridgehead atoms. The van der Waals surface area contributed by atoms with Crippen molar-refractivity contribution in [3.63, 3.8) is 0 Å². The Kier molecular flexibility index (Phi) is 8.34. The lowest BCUT2D eigenvalue weighted by Crippen LogP contribution is -2.37. The third-order valence-corrected chi connectivity index (χ3v) is 5.92. The van der Waals surface area contributed by atoms with Crippen molar-refractivity contribution in [2.45, 2.75) is 65.0 Å². The molecular formula is C24H31ClN4O2. The predicted molar refractivity (Wildman–Crippen MR) is 130 cm³/mol. The zero-order valence-electron chi connectivity index (χ0n) is 18.6. The molecule has 166 valence electrons. The Bertz CT molecular complexity index is 1010. The van der Waals surface area contributed by atoms with E-state index in [-0.39, 0.29) is 27.9 Å². The van der Waals surface area contributed by atoms with Gasteiger partial charge in [0, 0.05) is 22.5 Å². The number of nitrogens with one attached hydrogen (secondary N) is 2. The van der Waals surface area contributed by atoms with Gasteiger partial charge in [0.15, 0.2) is 0 Å². The van der Waals surface area contributed by atoms with E-state index >= 15 is 0 Å². The maximum absolute atomic E-state index is 13.5. The Hall–Kier alpha value is -2.73. The molecule has 0 aliphatic heterocycles. The minimum atomic E-state index is -0.495. The number of allylic oxidation sites excluding steroid dienone is 1. The second-order valence-corrected chi connectivity index (χ2v) is 8.37. The van der Waals surface area contributed by atoms with Crippen molar-refractivity contribution in [2.24, 2.45) is 4.99 Å². The van der Waals surface area contributed by atoms with Gasteiger partial charge in [-0.2, -0.15) is 0 Å². The molecule has 31 heavy (non-hydrogen) atoms. The summed E-state index contributed by atoms with van der Waals surface area (Å²) in [4.78, 5) is 30.2. The number of hydrogen-bond donors (Lipinski definition) is 2. The van der Waals surface area contributed by atoms with Gasteiger partial charge in [0.25, 0.3) is 11.5 Å². The highest BCUT2D eigenvalue weighted by Crippen LogP contribution is 2.32. The summed E-state index contributed by atoms with van der Waals surface area (Å²) in [5.41, 5.74) is 2.02. The van der Waals surface area contributed by atoms with Crippen LogP contribution in [-0.2, 0) is 4.79 Å². The predicted octanol–water partition coefficient (Wildman–Crippen LogP) is 5.40. The van der Waals surface area contributed by atoms with Crippen LogP contribution in [0.5, 0.6) is 0 Å². The van der Waals surface area contributed by atoms with Gasteiger partial charge in [0.05, 0.1) is 22.9 Å². The Labute approximate surface area is 188 Å². The van der Waals surface area contributed by atoms with Gasteiger partial charge in [0.1, 0.15) is 0 Å². The minimum Gasteiger partial charge on any atom is -0.344 e. The smallest absolute Gasteiger partial charge is 0.260 e. The number of amides is 1. The van der Waals surface area contributed by atoms with E-state index in [0.29, 0.717) is 22.5 Å². The lowest BCUT2D eigenvalue weighted by molar-refractivity contribution is -0.117. The number of aliphatic imine (C=N–C) groups is 1. The van der Waals surface area contributed by atoms with Crippen molar-refractivity contribution in [1.29, 1.82) is 5.41 Å². The normalized spacial score (nSPS) is 16.1. The van der Waals surface area contributed by atoms with E-state index in [1.54, 1.807) is 17.6 Å². The van der Waals surface area contributed by atoms with E-state index in [1.165, 1.54) is 6.92 Å². The third kappa shape index (κ3) is 5.31. The van der Waals surface area contributed by atoms with Gasteiger partial charge < -0.3 is 15.3 Å². The highest BCUT2D eigenvalue weighted by Gasteiger charge is 2.26. The summed E-state index contributed by atoms with van der Waals surface area (Å²) >= 11 is 6.18. The van der Waals surface area contributed by atoms with Crippen LogP contribution in [0, 0.1) is 5.41 Å². The van der Waals surface area contributed by atoms with Gasteiger partial charge in [-0.05, 0) is 52.0 Å². The topological polar surface area (TPSA) is 87.3 Å². The molecule has 1 heterocycles. The highest BCUT2D eigenvalue weighted by atomic mass is 35.5. The summed E-state index contributed by atoms with van der Waals surface area (Å²) in [6.07, 6.45) is 6.59. The first kappa shape index (κ1) is 24.5. The van der Waals surface area contributed by atoms with Crippen LogP contribution in [0.2, 0.25) is 0 Å². The van der Waals surface area contributed by atoms with E-state index in [2.05, 4.69) is 30.2 Å². The van der Waals surface area contributed by atoms with Crippen molar-refractivity contribution >= 4 is 41.0 Å². The molecule has 0 radical (unpaired) electrons. The number of nitrogens with zero attached hydrogens (tertiary/aromatic N) is 2. The average molecular weight is 443 g/mol. The number of pyridine rings is 1. The fraction of sp³-hybridized carbons (Fsp3) is 0.417. The van der Waals surface area contributed by atoms with Gasteiger partial charge in [-0.3, -0.25) is 14.6 Å². The summed E-state index contributed by atoms with van der Waals surface area (Å²) in [5, 5.41) is 11.0.